The molecule has 0 aliphatic rings. The van der Waals surface area contributed by atoms with Crippen LogP contribution in [0.3, 0.4) is 0 Å². The molecule has 0 fully saturated rings. The number of halogens is 1. The summed E-state index contributed by atoms with van der Waals surface area (Å²) in [4.78, 5) is 11.7. The molecule has 0 atom stereocenters. The molecular weight excluding hydrogens is 250 g/mol. The highest BCUT2D eigenvalue weighted by molar-refractivity contribution is 6.18. The van der Waals surface area contributed by atoms with Crippen molar-refractivity contribution in [2.24, 2.45) is 0 Å². The van der Waals surface area contributed by atoms with E-state index in [4.69, 9.17) is 16.3 Å². The van der Waals surface area contributed by atoms with Gasteiger partial charge in [-0.3, -0.25) is 4.79 Å². The summed E-state index contributed by atoms with van der Waals surface area (Å²) in [5.41, 5.74) is 1.84. The van der Waals surface area contributed by atoms with Crippen LogP contribution >= 0.6 is 11.6 Å². The van der Waals surface area contributed by atoms with E-state index in [1.165, 1.54) is 0 Å². The Bertz CT molecular complexity index is 393. The van der Waals surface area contributed by atoms with Gasteiger partial charge in [-0.25, -0.2) is 0 Å². The van der Waals surface area contributed by atoms with Gasteiger partial charge in [-0.05, 0) is 37.5 Å². The Morgan fingerprint density at radius 1 is 1.44 bits per heavy atom. The standard InChI is InChI=1S/C14H20ClNO2/c1-3-9-18-13-10-11(2)6-7-12(13)16-14(17)5-4-8-15/h6-7,10H,3-5,8-9H2,1-2H3,(H,16,17). The van der Waals surface area contributed by atoms with Crippen LogP contribution in [-0.2, 0) is 4.79 Å². The molecule has 100 valence electrons. The van der Waals surface area contributed by atoms with Crippen LogP contribution in [0.4, 0.5) is 5.69 Å². The summed E-state index contributed by atoms with van der Waals surface area (Å²) < 4.78 is 5.63. The Balaban J connectivity index is 2.70. The predicted molar refractivity (Wildman–Crippen MR) is 75.5 cm³/mol. The van der Waals surface area contributed by atoms with E-state index in [2.05, 4.69) is 12.2 Å². The van der Waals surface area contributed by atoms with E-state index < -0.39 is 0 Å². The van der Waals surface area contributed by atoms with Crippen molar-refractivity contribution in [3.05, 3.63) is 23.8 Å². The number of carbonyl (C=O) groups is 1. The van der Waals surface area contributed by atoms with Gasteiger partial charge >= 0.3 is 0 Å². The molecule has 1 rings (SSSR count). The summed E-state index contributed by atoms with van der Waals surface area (Å²) in [5, 5.41) is 2.86. The lowest BCUT2D eigenvalue weighted by Gasteiger charge is -2.12. The first-order valence-corrected chi connectivity index (χ1v) is 6.80. The second kappa shape index (κ2) is 7.98. The number of rotatable bonds is 7. The molecule has 1 aromatic rings. The Hall–Kier alpha value is -1.22. The molecule has 4 heteroatoms. The number of alkyl halides is 1. The van der Waals surface area contributed by atoms with Gasteiger partial charge in [0.05, 0.1) is 12.3 Å². The first kappa shape index (κ1) is 14.8. The number of hydrogen-bond donors (Lipinski definition) is 1. The normalized spacial score (nSPS) is 10.2. The molecule has 1 N–H and O–H groups in total. The zero-order valence-corrected chi connectivity index (χ0v) is 11.7. The highest BCUT2D eigenvalue weighted by Crippen LogP contribution is 2.26. The van der Waals surface area contributed by atoms with Gasteiger partial charge in [0.1, 0.15) is 5.75 Å². The second-order valence-electron chi connectivity index (χ2n) is 4.19. The molecule has 1 aromatic carbocycles. The largest absolute Gasteiger partial charge is 0.491 e. The number of nitrogens with one attached hydrogen (secondary N) is 1. The second-order valence-corrected chi connectivity index (χ2v) is 4.57. The molecule has 0 aliphatic carbocycles. The topological polar surface area (TPSA) is 38.3 Å². The number of amides is 1. The van der Waals surface area contributed by atoms with Crippen molar-refractivity contribution >= 4 is 23.2 Å². The number of benzene rings is 1. The highest BCUT2D eigenvalue weighted by atomic mass is 35.5. The average Bonchev–Trinajstić information content (AvgIpc) is 2.36. The zero-order valence-electron chi connectivity index (χ0n) is 11.0. The van der Waals surface area contributed by atoms with Crippen molar-refractivity contribution in [1.29, 1.82) is 0 Å². The summed E-state index contributed by atoms with van der Waals surface area (Å²) in [6, 6.07) is 5.77. The number of aryl methyl sites for hydroxylation is 1. The van der Waals surface area contributed by atoms with Crippen molar-refractivity contribution in [3.63, 3.8) is 0 Å². The van der Waals surface area contributed by atoms with Gasteiger partial charge in [-0.1, -0.05) is 13.0 Å². The Labute approximate surface area is 113 Å². The minimum absolute atomic E-state index is 0.0270. The van der Waals surface area contributed by atoms with E-state index in [1.807, 2.05) is 25.1 Å². The fraction of sp³-hybridized carbons (Fsp3) is 0.500. The SMILES string of the molecule is CCCOc1cc(C)ccc1NC(=O)CCCCl. The van der Waals surface area contributed by atoms with E-state index in [0.717, 1.165) is 23.4 Å². The van der Waals surface area contributed by atoms with Crippen molar-refractivity contribution in [2.75, 3.05) is 17.8 Å². The van der Waals surface area contributed by atoms with E-state index in [0.29, 0.717) is 25.3 Å². The molecular formula is C14H20ClNO2. The van der Waals surface area contributed by atoms with E-state index in [9.17, 15) is 4.79 Å². The van der Waals surface area contributed by atoms with Gasteiger partial charge in [0.2, 0.25) is 5.91 Å². The smallest absolute Gasteiger partial charge is 0.224 e. The quantitative estimate of drug-likeness (QED) is 0.766. The van der Waals surface area contributed by atoms with Gasteiger partial charge in [0.15, 0.2) is 0 Å². The lowest BCUT2D eigenvalue weighted by atomic mass is 10.2. The third-order valence-electron chi connectivity index (χ3n) is 2.41. The maximum atomic E-state index is 11.7. The maximum Gasteiger partial charge on any atom is 0.224 e. The molecule has 1 amide bonds. The first-order valence-electron chi connectivity index (χ1n) is 6.26. The van der Waals surface area contributed by atoms with Gasteiger partial charge in [0.25, 0.3) is 0 Å². The fourth-order valence-electron chi connectivity index (χ4n) is 1.50. The summed E-state index contributed by atoms with van der Waals surface area (Å²) >= 11 is 5.56. The highest BCUT2D eigenvalue weighted by Gasteiger charge is 2.08. The van der Waals surface area contributed by atoms with Crippen LogP contribution in [0.5, 0.6) is 5.75 Å². The summed E-state index contributed by atoms with van der Waals surface area (Å²) in [7, 11) is 0. The van der Waals surface area contributed by atoms with Crippen LogP contribution < -0.4 is 10.1 Å². The molecule has 3 nitrogen and oxygen atoms in total. The number of anilines is 1. The lowest BCUT2D eigenvalue weighted by Crippen LogP contribution is -2.12. The Kier molecular flexibility index (Phi) is 6.58. The van der Waals surface area contributed by atoms with Crippen molar-refractivity contribution in [2.45, 2.75) is 33.1 Å². The van der Waals surface area contributed by atoms with Crippen LogP contribution in [0.25, 0.3) is 0 Å². The molecule has 18 heavy (non-hydrogen) atoms. The minimum atomic E-state index is -0.0270. The van der Waals surface area contributed by atoms with Gasteiger partial charge in [0, 0.05) is 12.3 Å². The average molecular weight is 270 g/mol. The van der Waals surface area contributed by atoms with E-state index in [-0.39, 0.29) is 5.91 Å². The Morgan fingerprint density at radius 3 is 2.89 bits per heavy atom. The van der Waals surface area contributed by atoms with Crippen LogP contribution in [0, 0.1) is 6.92 Å². The molecule has 0 bridgehead atoms. The fourth-order valence-corrected chi connectivity index (χ4v) is 1.64. The molecule has 0 heterocycles. The Morgan fingerprint density at radius 2 is 2.22 bits per heavy atom. The molecule has 0 spiro atoms. The van der Waals surface area contributed by atoms with E-state index in [1.54, 1.807) is 0 Å². The molecule has 0 unspecified atom stereocenters. The van der Waals surface area contributed by atoms with Gasteiger partial charge in [-0.15, -0.1) is 11.6 Å². The molecule has 0 radical (unpaired) electrons. The van der Waals surface area contributed by atoms with Crippen LogP contribution in [0.15, 0.2) is 18.2 Å². The van der Waals surface area contributed by atoms with Gasteiger partial charge < -0.3 is 10.1 Å². The molecule has 0 saturated heterocycles. The summed E-state index contributed by atoms with van der Waals surface area (Å²) in [6.45, 7) is 4.69. The first-order chi connectivity index (χ1) is 8.67. The molecule has 0 aliphatic heterocycles. The van der Waals surface area contributed by atoms with Crippen molar-refractivity contribution < 1.29 is 9.53 Å². The summed E-state index contributed by atoms with van der Waals surface area (Å²) in [5.74, 6) is 1.21. The van der Waals surface area contributed by atoms with Crippen LogP contribution in [0.1, 0.15) is 31.7 Å². The third kappa shape index (κ3) is 4.96. The van der Waals surface area contributed by atoms with Crippen molar-refractivity contribution in [1.82, 2.24) is 0 Å². The summed E-state index contributed by atoms with van der Waals surface area (Å²) in [6.07, 6.45) is 2.06. The number of hydrogen-bond acceptors (Lipinski definition) is 2. The molecule has 0 saturated carbocycles. The number of carbonyl (C=O) groups excluding carboxylic acids is 1. The van der Waals surface area contributed by atoms with Gasteiger partial charge in [-0.2, -0.15) is 0 Å². The minimum Gasteiger partial charge on any atom is -0.491 e. The number of ether oxygens (including phenoxy) is 1. The van der Waals surface area contributed by atoms with Crippen LogP contribution in [0.2, 0.25) is 0 Å². The molecule has 0 aromatic heterocycles. The van der Waals surface area contributed by atoms with Crippen molar-refractivity contribution in [3.8, 4) is 5.75 Å². The van der Waals surface area contributed by atoms with E-state index >= 15 is 0 Å². The van der Waals surface area contributed by atoms with Crippen LogP contribution in [-0.4, -0.2) is 18.4 Å². The monoisotopic (exact) mass is 269 g/mol. The zero-order chi connectivity index (χ0) is 13.4. The third-order valence-corrected chi connectivity index (χ3v) is 2.68. The predicted octanol–water partition coefficient (Wildman–Crippen LogP) is 3.74. The lowest BCUT2D eigenvalue weighted by molar-refractivity contribution is -0.116. The maximum absolute atomic E-state index is 11.7.